The van der Waals surface area contributed by atoms with Gasteiger partial charge in [-0.3, -0.25) is 0 Å². The first-order valence-corrected chi connectivity index (χ1v) is 22.1. The van der Waals surface area contributed by atoms with Gasteiger partial charge in [-0.1, -0.05) is 50.3 Å². The SMILES string of the molecule is CNCCNCC1=C[C@@H]2C[C@@]3(O)[C@]4(CCCC[C@@]15OC(=O)C=C5[C@@H]24)CC[C@H]1[C@@]3(O)[C@H](O)[C@H]2C[C@@H]3[C@H](C=CC[C@H]3C3CCCC3)C[C@H]3[C@@H](O)CC[C@@]1(C=O)[C@]23O. The number of allylic oxidation sites excluding steroid dienone is 3. The number of aliphatic hydroxyl groups excluding tert-OH is 2. The van der Waals surface area contributed by atoms with E-state index in [9.17, 15) is 35.1 Å². The largest absolute Gasteiger partial charge is 0.447 e. The van der Waals surface area contributed by atoms with Crippen LogP contribution in [0, 0.1) is 64.1 Å². The van der Waals surface area contributed by atoms with Gasteiger partial charge in [0.1, 0.15) is 17.5 Å². The van der Waals surface area contributed by atoms with Gasteiger partial charge in [-0.15, -0.1) is 0 Å². The van der Waals surface area contributed by atoms with Crippen LogP contribution >= 0.6 is 0 Å². The highest BCUT2D eigenvalue weighted by Crippen LogP contribution is 2.78. The summed E-state index contributed by atoms with van der Waals surface area (Å²) in [4.78, 5) is 27.5. The molecule has 0 amide bonds. The topological polar surface area (TPSA) is 169 Å². The molecule has 7 N–H and O–H groups in total. The van der Waals surface area contributed by atoms with Crippen molar-refractivity contribution in [2.75, 3.05) is 26.7 Å². The van der Waals surface area contributed by atoms with Crippen molar-refractivity contribution in [3.8, 4) is 0 Å². The van der Waals surface area contributed by atoms with Crippen molar-refractivity contribution in [3.63, 3.8) is 0 Å². The Balaban J connectivity index is 1.12. The van der Waals surface area contributed by atoms with E-state index < -0.39 is 63.2 Å². The minimum atomic E-state index is -2.11. The second kappa shape index (κ2) is 12.8. The van der Waals surface area contributed by atoms with E-state index in [2.05, 4.69) is 28.9 Å². The van der Waals surface area contributed by atoms with Gasteiger partial charge in [0.05, 0.1) is 23.2 Å². The van der Waals surface area contributed by atoms with Crippen LogP contribution in [0.2, 0.25) is 0 Å². The number of aliphatic hydroxyl groups is 5. The summed E-state index contributed by atoms with van der Waals surface area (Å²) in [5.74, 6) is -2.14. The number of ether oxygens (including phenoxy) is 1. The number of hydrogen-bond acceptors (Lipinski definition) is 10. The van der Waals surface area contributed by atoms with E-state index in [-0.39, 0.29) is 42.5 Å². The van der Waals surface area contributed by atoms with E-state index in [1.54, 1.807) is 6.08 Å². The molecule has 0 saturated heterocycles. The van der Waals surface area contributed by atoms with Crippen LogP contribution in [0.1, 0.15) is 103 Å². The van der Waals surface area contributed by atoms with E-state index >= 15 is 0 Å². The van der Waals surface area contributed by atoms with E-state index in [0.29, 0.717) is 63.3 Å². The molecule has 10 nitrogen and oxygen atoms in total. The monoisotopic (exact) mass is 760 g/mol. The predicted octanol–water partition coefficient (Wildman–Crippen LogP) is 3.50. The fourth-order valence-electron chi connectivity index (χ4n) is 16.8. The molecular weight excluding hydrogens is 697 g/mol. The van der Waals surface area contributed by atoms with Gasteiger partial charge in [0, 0.05) is 48.9 Å². The molecule has 0 radical (unpaired) electrons. The molecule has 7 saturated carbocycles. The van der Waals surface area contributed by atoms with Gasteiger partial charge >= 0.3 is 5.97 Å². The molecule has 1 aliphatic heterocycles. The van der Waals surface area contributed by atoms with E-state index in [1.807, 2.05) is 7.05 Å². The third-order valence-corrected chi connectivity index (χ3v) is 18.8. The molecule has 302 valence electrons. The van der Waals surface area contributed by atoms with Gasteiger partial charge in [-0.2, -0.15) is 0 Å². The first kappa shape index (κ1) is 37.4. The number of aldehydes is 1. The van der Waals surface area contributed by atoms with E-state index in [1.165, 1.54) is 25.7 Å². The molecule has 16 atom stereocenters. The van der Waals surface area contributed by atoms with Crippen LogP contribution in [0.5, 0.6) is 0 Å². The molecule has 1 heterocycles. The Hall–Kier alpha value is -1.92. The lowest BCUT2D eigenvalue weighted by Crippen LogP contribution is -2.85. The standard InChI is InChI=1S/C45H64N2O8/c1-46-17-18-47-24-29-19-28-23-43(52)40(13-4-5-14-42(29)33(38(28)40)22-37(50)55-42)16-12-36-41(25-48)15-11-35(49)32-20-27-9-6-10-30(26-7-2-3-8-26)31(27)21-34(44(32,41)53)39(51)45(36,43)54/h6,9,19,22,25-28,30-32,34-36,38-39,46-47,49,51-54H,2-5,7-8,10-18,20-21,23-24H2,1H3/t27-,28-,30+,31-,32+,34-,35+,36-,38-,39-,40-,41+,42-,43-,44-,45-/m1/s1. The molecule has 0 aromatic carbocycles. The number of likely N-dealkylation sites (N-methyl/N-ethyl adjacent to an activating group) is 1. The highest BCUT2D eigenvalue weighted by Gasteiger charge is 2.85. The number of rotatable bonds is 7. The Morgan fingerprint density at radius 1 is 0.891 bits per heavy atom. The zero-order valence-electron chi connectivity index (χ0n) is 32.6. The molecule has 9 aliphatic carbocycles. The van der Waals surface area contributed by atoms with Crippen LogP contribution in [-0.2, 0) is 14.3 Å². The Kier molecular flexibility index (Phi) is 8.69. The van der Waals surface area contributed by atoms with E-state index in [4.69, 9.17) is 4.74 Å². The maximum absolute atomic E-state index is 14.1. The van der Waals surface area contributed by atoms with Crippen molar-refractivity contribution in [1.29, 1.82) is 0 Å². The second-order valence-corrected chi connectivity index (χ2v) is 20.2. The van der Waals surface area contributed by atoms with Crippen molar-refractivity contribution >= 4 is 12.3 Å². The molecule has 10 rings (SSSR count). The number of carbonyl (C=O) groups excluding carboxylic acids is 2. The van der Waals surface area contributed by atoms with Gasteiger partial charge < -0.3 is 45.7 Å². The highest BCUT2D eigenvalue weighted by atomic mass is 16.6. The fraction of sp³-hybridized carbons (Fsp3) is 0.822. The minimum Gasteiger partial charge on any atom is -0.447 e. The summed E-state index contributed by atoms with van der Waals surface area (Å²) < 4.78 is 6.36. The fourth-order valence-corrected chi connectivity index (χ4v) is 16.8. The van der Waals surface area contributed by atoms with Crippen molar-refractivity contribution in [2.24, 2.45) is 64.1 Å². The summed E-state index contributed by atoms with van der Waals surface area (Å²) in [6.07, 6.45) is 18.1. The van der Waals surface area contributed by atoms with Crippen LogP contribution in [-0.4, -0.2) is 99.1 Å². The summed E-state index contributed by atoms with van der Waals surface area (Å²) in [5, 5.41) is 73.3. The Morgan fingerprint density at radius 3 is 2.47 bits per heavy atom. The molecule has 10 heteroatoms. The quantitative estimate of drug-likeness (QED) is 0.0884. The smallest absolute Gasteiger partial charge is 0.332 e. The lowest BCUT2D eigenvalue weighted by molar-refractivity contribution is -0.375. The number of carbonyl (C=O) groups is 2. The molecule has 55 heavy (non-hydrogen) atoms. The number of fused-ring (bicyclic) bond motifs is 4. The lowest BCUT2D eigenvalue weighted by atomic mass is 9.35. The molecule has 1 spiro atoms. The molecule has 10 aliphatic rings. The Bertz CT molecular complexity index is 1690. The maximum Gasteiger partial charge on any atom is 0.332 e. The average Bonchev–Trinajstić information content (AvgIpc) is 3.85. The maximum atomic E-state index is 14.1. The summed E-state index contributed by atoms with van der Waals surface area (Å²) in [6.45, 7) is 2.05. The van der Waals surface area contributed by atoms with Crippen molar-refractivity contribution in [1.82, 2.24) is 10.6 Å². The van der Waals surface area contributed by atoms with Gasteiger partial charge in [0.2, 0.25) is 0 Å². The van der Waals surface area contributed by atoms with Gasteiger partial charge in [-0.05, 0) is 124 Å². The van der Waals surface area contributed by atoms with Crippen LogP contribution < -0.4 is 10.6 Å². The number of hydrogen-bond donors (Lipinski definition) is 7. The van der Waals surface area contributed by atoms with Gasteiger partial charge in [-0.25, -0.2) is 4.79 Å². The molecule has 2 bridgehead atoms. The third-order valence-electron chi connectivity index (χ3n) is 18.8. The number of esters is 1. The molecular formula is C45H64N2O8. The summed E-state index contributed by atoms with van der Waals surface area (Å²) >= 11 is 0. The third kappa shape index (κ3) is 4.52. The highest BCUT2D eigenvalue weighted by molar-refractivity contribution is 5.88. The zero-order chi connectivity index (χ0) is 38.2. The first-order valence-electron chi connectivity index (χ1n) is 22.1. The normalized spacial score (nSPS) is 53.6. The van der Waals surface area contributed by atoms with Gasteiger partial charge in [0.25, 0.3) is 0 Å². The van der Waals surface area contributed by atoms with Crippen LogP contribution in [0.15, 0.2) is 35.5 Å². The predicted molar refractivity (Wildman–Crippen MR) is 204 cm³/mol. The molecule has 0 unspecified atom stereocenters. The molecule has 0 aromatic rings. The van der Waals surface area contributed by atoms with Crippen LogP contribution in [0.25, 0.3) is 0 Å². The number of nitrogens with one attached hydrogen (secondary N) is 2. The van der Waals surface area contributed by atoms with Crippen molar-refractivity contribution in [2.45, 2.75) is 137 Å². The van der Waals surface area contributed by atoms with Crippen LogP contribution in [0.4, 0.5) is 0 Å². The summed E-state index contributed by atoms with van der Waals surface area (Å²) in [7, 11) is 1.91. The molecule has 7 fully saturated rings. The zero-order valence-corrected chi connectivity index (χ0v) is 32.6. The van der Waals surface area contributed by atoms with Gasteiger partial charge in [0.15, 0.2) is 5.60 Å². The first-order chi connectivity index (χ1) is 26.5. The average molecular weight is 761 g/mol. The summed E-state index contributed by atoms with van der Waals surface area (Å²) in [6, 6.07) is 0. The van der Waals surface area contributed by atoms with E-state index in [0.717, 1.165) is 49.8 Å². The Labute approximate surface area is 325 Å². The molecule has 0 aromatic heterocycles. The Morgan fingerprint density at radius 2 is 1.69 bits per heavy atom. The van der Waals surface area contributed by atoms with Crippen molar-refractivity contribution in [3.05, 3.63) is 35.5 Å². The second-order valence-electron chi connectivity index (χ2n) is 20.2. The lowest BCUT2D eigenvalue weighted by Gasteiger charge is -2.73. The van der Waals surface area contributed by atoms with Crippen molar-refractivity contribution < 1.29 is 39.9 Å². The van der Waals surface area contributed by atoms with Crippen LogP contribution in [0.3, 0.4) is 0 Å². The minimum absolute atomic E-state index is 0.0968. The summed E-state index contributed by atoms with van der Waals surface area (Å²) in [5.41, 5.74) is -6.98.